The van der Waals surface area contributed by atoms with E-state index in [1.165, 1.54) is 18.9 Å². The number of carbonyl (C=O) groups is 2. The molecule has 0 aliphatic carbocycles. The van der Waals surface area contributed by atoms with Gasteiger partial charge in [0.05, 0.1) is 20.0 Å². The summed E-state index contributed by atoms with van der Waals surface area (Å²) in [5.74, 6) is 0.932. The normalized spacial score (nSPS) is 10.3. The van der Waals surface area contributed by atoms with E-state index < -0.39 is 0 Å². The van der Waals surface area contributed by atoms with Gasteiger partial charge in [-0.05, 0) is 66.7 Å². The molecule has 3 rings (SSSR count). The third kappa shape index (κ3) is 6.41. The van der Waals surface area contributed by atoms with Crippen LogP contribution < -0.4 is 20.1 Å². The number of amides is 2. The maximum atomic E-state index is 12.5. The molecule has 3 aromatic rings. The minimum Gasteiger partial charge on any atom is -0.493 e. The summed E-state index contributed by atoms with van der Waals surface area (Å²) >= 11 is 7.24. The zero-order chi connectivity index (χ0) is 22.2. The summed E-state index contributed by atoms with van der Waals surface area (Å²) in [5.41, 5.74) is 1.80. The maximum absolute atomic E-state index is 12.5. The third-order valence-corrected chi connectivity index (χ3v) is 5.52. The Morgan fingerprint density at radius 1 is 0.839 bits per heavy atom. The van der Waals surface area contributed by atoms with E-state index in [-0.39, 0.29) is 17.6 Å². The topological polar surface area (TPSA) is 76.7 Å². The van der Waals surface area contributed by atoms with Crippen LogP contribution in [0.2, 0.25) is 5.02 Å². The second kappa shape index (κ2) is 10.7. The van der Waals surface area contributed by atoms with Crippen molar-refractivity contribution in [1.29, 1.82) is 0 Å². The lowest BCUT2D eigenvalue weighted by Gasteiger charge is -2.10. The molecule has 0 saturated heterocycles. The molecule has 8 heteroatoms. The van der Waals surface area contributed by atoms with Gasteiger partial charge in [0, 0.05) is 26.9 Å². The van der Waals surface area contributed by atoms with Gasteiger partial charge in [-0.3, -0.25) is 9.59 Å². The summed E-state index contributed by atoms with van der Waals surface area (Å²) in [6.07, 6.45) is 0. The Labute approximate surface area is 189 Å². The summed E-state index contributed by atoms with van der Waals surface area (Å²) in [6, 6.07) is 19.2. The van der Waals surface area contributed by atoms with Gasteiger partial charge < -0.3 is 20.1 Å². The Hall–Kier alpha value is -3.16. The first kappa shape index (κ1) is 22.5. The molecule has 0 aromatic heterocycles. The van der Waals surface area contributed by atoms with Crippen molar-refractivity contribution in [2.24, 2.45) is 0 Å². The lowest BCUT2D eigenvalue weighted by Crippen LogP contribution is -2.14. The molecule has 2 N–H and O–H groups in total. The first-order chi connectivity index (χ1) is 15.0. The summed E-state index contributed by atoms with van der Waals surface area (Å²) in [6.45, 7) is 0. The Morgan fingerprint density at radius 2 is 1.45 bits per heavy atom. The highest BCUT2D eigenvalue weighted by molar-refractivity contribution is 8.00. The molecule has 3 aromatic carbocycles. The Kier molecular flexibility index (Phi) is 7.81. The molecule has 31 heavy (non-hydrogen) atoms. The van der Waals surface area contributed by atoms with Gasteiger partial charge in [0.25, 0.3) is 5.91 Å². The van der Waals surface area contributed by atoms with Crippen molar-refractivity contribution in [3.05, 3.63) is 77.3 Å². The van der Waals surface area contributed by atoms with E-state index in [1.54, 1.807) is 61.7 Å². The van der Waals surface area contributed by atoms with Gasteiger partial charge in [-0.15, -0.1) is 11.8 Å². The molecular weight excluding hydrogens is 436 g/mol. The van der Waals surface area contributed by atoms with Crippen molar-refractivity contribution in [3.63, 3.8) is 0 Å². The molecule has 0 spiro atoms. The summed E-state index contributed by atoms with van der Waals surface area (Å²) in [5, 5.41) is 6.28. The monoisotopic (exact) mass is 456 g/mol. The molecule has 0 radical (unpaired) electrons. The quantitative estimate of drug-likeness (QED) is 0.447. The van der Waals surface area contributed by atoms with Crippen molar-refractivity contribution in [2.75, 3.05) is 30.6 Å². The third-order valence-electron chi connectivity index (χ3n) is 4.26. The van der Waals surface area contributed by atoms with Crippen LogP contribution in [0.3, 0.4) is 0 Å². The fraction of sp³-hybridized carbons (Fsp3) is 0.130. The highest BCUT2D eigenvalue weighted by Gasteiger charge is 2.11. The average Bonchev–Trinajstić information content (AvgIpc) is 2.79. The Bertz CT molecular complexity index is 1060. The van der Waals surface area contributed by atoms with Crippen LogP contribution in [0.4, 0.5) is 11.4 Å². The number of halogens is 1. The lowest BCUT2D eigenvalue weighted by molar-refractivity contribution is -0.113. The molecule has 0 saturated carbocycles. The number of hydrogen-bond donors (Lipinski definition) is 2. The number of nitrogens with one attached hydrogen (secondary N) is 2. The highest BCUT2D eigenvalue weighted by atomic mass is 35.5. The van der Waals surface area contributed by atoms with Gasteiger partial charge in [-0.2, -0.15) is 0 Å². The molecule has 0 aliphatic heterocycles. The minimum atomic E-state index is -0.260. The van der Waals surface area contributed by atoms with E-state index in [0.29, 0.717) is 33.5 Å². The average molecular weight is 457 g/mol. The van der Waals surface area contributed by atoms with Gasteiger partial charge in [-0.1, -0.05) is 11.6 Å². The maximum Gasteiger partial charge on any atom is 0.255 e. The van der Waals surface area contributed by atoms with Gasteiger partial charge in [0.2, 0.25) is 5.91 Å². The smallest absolute Gasteiger partial charge is 0.255 e. The molecule has 160 valence electrons. The van der Waals surface area contributed by atoms with Crippen LogP contribution in [0.15, 0.2) is 71.6 Å². The minimum absolute atomic E-state index is 0.113. The van der Waals surface area contributed by atoms with E-state index in [0.717, 1.165) is 4.90 Å². The van der Waals surface area contributed by atoms with Crippen LogP contribution in [0.5, 0.6) is 11.5 Å². The zero-order valence-electron chi connectivity index (χ0n) is 17.0. The molecule has 0 atom stereocenters. The van der Waals surface area contributed by atoms with Crippen LogP contribution in [-0.4, -0.2) is 31.8 Å². The Morgan fingerprint density at radius 3 is 2.10 bits per heavy atom. The fourth-order valence-electron chi connectivity index (χ4n) is 2.69. The summed E-state index contributed by atoms with van der Waals surface area (Å²) < 4.78 is 10.4. The first-order valence-corrected chi connectivity index (χ1v) is 10.7. The Balaban J connectivity index is 1.53. The lowest BCUT2D eigenvalue weighted by atomic mass is 10.2. The standard InChI is InChI=1S/C23H21ClN2O4S/c1-29-20-12-3-15(13-21(20)30-2)23(28)26-18-8-10-19(11-9-18)31-14-22(27)25-17-6-4-16(24)5-7-17/h3-13H,14H2,1-2H3,(H,25,27)(H,26,28). The SMILES string of the molecule is COc1ccc(C(=O)Nc2ccc(SCC(=O)Nc3ccc(Cl)cc3)cc2)cc1OC. The van der Waals surface area contributed by atoms with Crippen LogP contribution in [0.25, 0.3) is 0 Å². The predicted molar refractivity (Wildman–Crippen MR) is 125 cm³/mol. The van der Waals surface area contributed by atoms with Crippen molar-refractivity contribution < 1.29 is 19.1 Å². The van der Waals surface area contributed by atoms with E-state index in [2.05, 4.69) is 10.6 Å². The molecule has 0 heterocycles. The summed E-state index contributed by atoms with van der Waals surface area (Å²) in [4.78, 5) is 25.5. The predicted octanol–water partition coefficient (Wildman–Crippen LogP) is 5.34. The van der Waals surface area contributed by atoms with Crippen molar-refractivity contribution in [1.82, 2.24) is 0 Å². The second-order valence-electron chi connectivity index (χ2n) is 6.39. The molecule has 2 amide bonds. The number of thioether (sulfide) groups is 1. The van der Waals surface area contributed by atoms with Crippen molar-refractivity contribution in [2.45, 2.75) is 4.90 Å². The van der Waals surface area contributed by atoms with Gasteiger partial charge >= 0.3 is 0 Å². The van der Waals surface area contributed by atoms with E-state index >= 15 is 0 Å². The van der Waals surface area contributed by atoms with E-state index in [1.807, 2.05) is 12.1 Å². The number of carbonyl (C=O) groups excluding carboxylic acids is 2. The largest absolute Gasteiger partial charge is 0.493 e. The number of hydrogen-bond acceptors (Lipinski definition) is 5. The number of benzene rings is 3. The fourth-order valence-corrected chi connectivity index (χ4v) is 3.52. The highest BCUT2D eigenvalue weighted by Crippen LogP contribution is 2.28. The zero-order valence-corrected chi connectivity index (χ0v) is 18.5. The van der Waals surface area contributed by atoms with Crippen molar-refractivity contribution in [3.8, 4) is 11.5 Å². The molecule has 0 bridgehead atoms. The molecule has 0 unspecified atom stereocenters. The van der Waals surface area contributed by atoms with Crippen LogP contribution in [0, 0.1) is 0 Å². The molecule has 0 fully saturated rings. The van der Waals surface area contributed by atoms with Crippen LogP contribution in [-0.2, 0) is 4.79 Å². The number of anilines is 2. The van der Waals surface area contributed by atoms with Crippen molar-refractivity contribution >= 4 is 46.6 Å². The van der Waals surface area contributed by atoms with Gasteiger partial charge in [-0.25, -0.2) is 0 Å². The van der Waals surface area contributed by atoms with Gasteiger partial charge in [0.15, 0.2) is 11.5 Å². The molecule has 6 nitrogen and oxygen atoms in total. The number of methoxy groups -OCH3 is 2. The molecular formula is C23H21ClN2O4S. The first-order valence-electron chi connectivity index (χ1n) is 9.30. The second-order valence-corrected chi connectivity index (χ2v) is 7.88. The number of ether oxygens (including phenoxy) is 2. The number of rotatable bonds is 8. The van der Waals surface area contributed by atoms with Crippen LogP contribution in [0.1, 0.15) is 10.4 Å². The van der Waals surface area contributed by atoms with E-state index in [9.17, 15) is 9.59 Å². The van der Waals surface area contributed by atoms with E-state index in [4.69, 9.17) is 21.1 Å². The van der Waals surface area contributed by atoms with Crippen LogP contribution >= 0.6 is 23.4 Å². The molecule has 0 aliphatic rings. The summed E-state index contributed by atoms with van der Waals surface area (Å²) in [7, 11) is 3.06. The van der Waals surface area contributed by atoms with Gasteiger partial charge in [0.1, 0.15) is 0 Å².